The van der Waals surface area contributed by atoms with Crippen molar-refractivity contribution in [3.63, 3.8) is 0 Å². The lowest BCUT2D eigenvalue weighted by atomic mass is 9.97. The summed E-state index contributed by atoms with van der Waals surface area (Å²) in [6, 6.07) is 3.94. The Morgan fingerprint density at radius 2 is 2.11 bits per heavy atom. The maximum atomic E-state index is 11.6. The summed E-state index contributed by atoms with van der Waals surface area (Å²) in [5.74, 6) is 0.870. The minimum absolute atomic E-state index is 0.0413. The Morgan fingerprint density at radius 1 is 1.39 bits per heavy atom. The molecule has 0 saturated carbocycles. The molecule has 0 bridgehead atoms. The SMILES string of the molecule is CCOC(=O)C1CCN(c2ccc(C)nn2)CC1. The average molecular weight is 249 g/mol. The van der Waals surface area contributed by atoms with Crippen molar-refractivity contribution in [1.29, 1.82) is 0 Å². The Hall–Kier alpha value is -1.65. The van der Waals surface area contributed by atoms with Crippen LogP contribution in [0.3, 0.4) is 0 Å². The number of piperidine rings is 1. The molecule has 1 aliphatic heterocycles. The summed E-state index contributed by atoms with van der Waals surface area (Å²) in [6.45, 7) is 5.89. The van der Waals surface area contributed by atoms with Gasteiger partial charge in [-0.15, -0.1) is 5.10 Å². The number of hydrogen-bond acceptors (Lipinski definition) is 5. The fourth-order valence-electron chi connectivity index (χ4n) is 2.16. The molecule has 5 nitrogen and oxygen atoms in total. The molecule has 5 heteroatoms. The summed E-state index contributed by atoms with van der Waals surface area (Å²) in [4.78, 5) is 13.8. The van der Waals surface area contributed by atoms with Crippen LogP contribution in [0.5, 0.6) is 0 Å². The molecule has 1 fully saturated rings. The quantitative estimate of drug-likeness (QED) is 0.761. The highest BCUT2D eigenvalue weighted by Gasteiger charge is 2.26. The minimum Gasteiger partial charge on any atom is -0.466 e. The number of anilines is 1. The predicted octanol–water partition coefficient (Wildman–Crippen LogP) is 1.56. The van der Waals surface area contributed by atoms with Crippen LogP contribution in [0.4, 0.5) is 5.82 Å². The van der Waals surface area contributed by atoms with Crippen molar-refractivity contribution in [2.24, 2.45) is 5.92 Å². The van der Waals surface area contributed by atoms with Crippen LogP contribution in [0.1, 0.15) is 25.5 Å². The van der Waals surface area contributed by atoms with Gasteiger partial charge in [-0.1, -0.05) is 0 Å². The molecule has 1 saturated heterocycles. The van der Waals surface area contributed by atoms with Gasteiger partial charge in [-0.3, -0.25) is 4.79 Å². The zero-order valence-corrected chi connectivity index (χ0v) is 10.9. The Bertz CT molecular complexity index is 397. The normalized spacial score (nSPS) is 16.7. The zero-order valence-electron chi connectivity index (χ0n) is 10.9. The van der Waals surface area contributed by atoms with E-state index in [1.54, 1.807) is 0 Å². The molecule has 2 rings (SSSR count). The van der Waals surface area contributed by atoms with Gasteiger partial charge in [0.15, 0.2) is 5.82 Å². The first-order chi connectivity index (χ1) is 8.70. The lowest BCUT2D eigenvalue weighted by Crippen LogP contribution is -2.37. The van der Waals surface area contributed by atoms with Crippen LogP contribution in [0.25, 0.3) is 0 Å². The molecule has 0 N–H and O–H groups in total. The first-order valence-corrected chi connectivity index (χ1v) is 6.42. The highest BCUT2D eigenvalue weighted by molar-refractivity contribution is 5.72. The zero-order chi connectivity index (χ0) is 13.0. The topological polar surface area (TPSA) is 55.3 Å². The van der Waals surface area contributed by atoms with E-state index < -0.39 is 0 Å². The fraction of sp³-hybridized carbons (Fsp3) is 0.615. The number of aromatic nitrogens is 2. The molecule has 0 spiro atoms. The first kappa shape index (κ1) is 12.8. The van der Waals surface area contributed by atoms with Crippen LogP contribution in [0.2, 0.25) is 0 Å². The van der Waals surface area contributed by atoms with Gasteiger partial charge in [0.25, 0.3) is 0 Å². The molecular weight excluding hydrogens is 230 g/mol. The molecule has 0 aliphatic carbocycles. The number of esters is 1. The number of carbonyl (C=O) groups excluding carboxylic acids is 1. The number of hydrogen-bond donors (Lipinski definition) is 0. The maximum absolute atomic E-state index is 11.6. The summed E-state index contributed by atoms with van der Waals surface area (Å²) in [5, 5.41) is 8.22. The molecule has 1 aliphatic rings. The van der Waals surface area contributed by atoms with E-state index in [9.17, 15) is 4.79 Å². The van der Waals surface area contributed by atoms with Gasteiger partial charge in [0, 0.05) is 13.1 Å². The van der Waals surface area contributed by atoms with Crippen LogP contribution in [0.15, 0.2) is 12.1 Å². The molecular formula is C13H19N3O2. The summed E-state index contributed by atoms with van der Waals surface area (Å²) in [5.41, 5.74) is 0.917. The third-order valence-corrected chi connectivity index (χ3v) is 3.22. The molecule has 0 aromatic carbocycles. The summed E-state index contributed by atoms with van der Waals surface area (Å²) in [6.07, 6.45) is 1.66. The summed E-state index contributed by atoms with van der Waals surface area (Å²) in [7, 11) is 0. The Balaban J connectivity index is 1.90. The molecule has 0 atom stereocenters. The third-order valence-electron chi connectivity index (χ3n) is 3.22. The van der Waals surface area contributed by atoms with E-state index >= 15 is 0 Å². The van der Waals surface area contributed by atoms with E-state index in [4.69, 9.17) is 4.74 Å². The van der Waals surface area contributed by atoms with Gasteiger partial charge in [0.2, 0.25) is 0 Å². The van der Waals surface area contributed by atoms with E-state index in [1.165, 1.54) is 0 Å². The van der Waals surface area contributed by atoms with Crippen molar-refractivity contribution in [3.8, 4) is 0 Å². The highest BCUT2D eigenvalue weighted by atomic mass is 16.5. The Kier molecular flexibility index (Phi) is 4.12. The molecule has 0 unspecified atom stereocenters. The second-order valence-electron chi connectivity index (χ2n) is 4.55. The van der Waals surface area contributed by atoms with Crippen molar-refractivity contribution in [1.82, 2.24) is 10.2 Å². The van der Waals surface area contributed by atoms with Crippen LogP contribution in [-0.2, 0) is 9.53 Å². The van der Waals surface area contributed by atoms with Gasteiger partial charge in [0.05, 0.1) is 18.2 Å². The van der Waals surface area contributed by atoms with Crippen molar-refractivity contribution >= 4 is 11.8 Å². The van der Waals surface area contributed by atoms with Crippen molar-refractivity contribution in [2.45, 2.75) is 26.7 Å². The first-order valence-electron chi connectivity index (χ1n) is 6.42. The fourth-order valence-corrected chi connectivity index (χ4v) is 2.16. The van der Waals surface area contributed by atoms with E-state index in [-0.39, 0.29) is 11.9 Å². The number of ether oxygens (including phenoxy) is 1. The number of aryl methyl sites for hydroxylation is 1. The molecule has 98 valence electrons. The molecule has 1 aromatic heterocycles. The molecule has 0 amide bonds. The Morgan fingerprint density at radius 3 is 2.67 bits per heavy atom. The molecule has 2 heterocycles. The number of carbonyl (C=O) groups is 1. The van der Waals surface area contributed by atoms with Crippen LogP contribution in [0, 0.1) is 12.8 Å². The van der Waals surface area contributed by atoms with Crippen LogP contribution >= 0.6 is 0 Å². The van der Waals surface area contributed by atoms with Gasteiger partial charge in [0.1, 0.15) is 0 Å². The smallest absolute Gasteiger partial charge is 0.309 e. The molecule has 1 aromatic rings. The second kappa shape index (κ2) is 5.80. The van der Waals surface area contributed by atoms with E-state index in [1.807, 2.05) is 26.0 Å². The van der Waals surface area contributed by atoms with Gasteiger partial charge in [-0.25, -0.2) is 0 Å². The minimum atomic E-state index is -0.0628. The number of rotatable bonds is 3. The van der Waals surface area contributed by atoms with Crippen molar-refractivity contribution in [2.75, 3.05) is 24.6 Å². The largest absolute Gasteiger partial charge is 0.466 e. The van der Waals surface area contributed by atoms with Gasteiger partial charge in [-0.05, 0) is 38.8 Å². The second-order valence-corrected chi connectivity index (χ2v) is 4.55. The lowest BCUT2D eigenvalue weighted by molar-refractivity contribution is -0.148. The standard InChI is InChI=1S/C13H19N3O2/c1-3-18-13(17)11-6-8-16(9-7-11)12-5-4-10(2)14-15-12/h4-5,11H,3,6-9H2,1-2H3. The summed E-state index contributed by atoms with van der Waals surface area (Å²) >= 11 is 0. The average Bonchev–Trinajstić information content (AvgIpc) is 2.40. The maximum Gasteiger partial charge on any atom is 0.309 e. The van der Waals surface area contributed by atoms with E-state index in [2.05, 4.69) is 15.1 Å². The summed E-state index contributed by atoms with van der Waals surface area (Å²) < 4.78 is 5.05. The monoisotopic (exact) mass is 249 g/mol. The predicted molar refractivity (Wildman–Crippen MR) is 68.3 cm³/mol. The van der Waals surface area contributed by atoms with Crippen molar-refractivity contribution in [3.05, 3.63) is 17.8 Å². The van der Waals surface area contributed by atoms with Gasteiger partial charge < -0.3 is 9.64 Å². The van der Waals surface area contributed by atoms with E-state index in [0.717, 1.165) is 37.4 Å². The van der Waals surface area contributed by atoms with Crippen LogP contribution < -0.4 is 4.90 Å². The van der Waals surface area contributed by atoms with Gasteiger partial charge in [-0.2, -0.15) is 5.10 Å². The highest BCUT2D eigenvalue weighted by Crippen LogP contribution is 2.22. The molecule has 18 heavy (non-hydrogen) atoms. The Labute approximate surface area is 107 Å². The van der Waals surface area contributed by atoms with Crippen molar-refractivity contribution < 1.29 is 9.53 Å². The lowest BCUT2D eigenvalue weighted by Gasteiger charge is -2.31. The third kappa shape index (κ3) is 2.97. The number of nitrogens with zero attached hydrogens (tertiary/aromatic N) is 3. The molecule has 0 radical (unpaired) electrons. The van der Waals surface area contributed by atoms with Crippen LogP contribution in [-0.4, -0.2) is 35.9 Å². The van der Waals surface area contributed by atoms with E-state index in [0.29, 0.717) is 6.61 Å². The van der Waals surface area contributed by atoms with Gasteiger partial charge >= 0.3 is 5.97 Å².